The molecule has 11 nitrogen and oxygen atoms in total. The molecule has 0 aliphatic carbocycles. The summed E-state index contributed by atoms with van der Waals surface area (Å²) >= 11 is 0. The highest BCUT2D eigenvalue weighted by Gasteiger charge is 2.18. The van der Waals surface area contributed by atoms with Crippen LogP contribution in [0.1, 0.15) is 37.2 Å². The van der Waals surface area contributed by atoms with Crippen LogP contribution in [0.15, 0.2) is 18.6 Å². The number of carbonyl (C=O) groups excluding carboxylic acids is 2. The van der Waals surface area contributed by atoms with Crippen molar-refractivity contribution in [1.29, 1.82) is 0 Å². The van der Waals surface area contributed by atoms with Gasteiger partial charge in [-0.2, -0.15) is 10.2 Å². The van der Waals surface area contributed by atoms with Crippen LogP contribution in [0.3, 0.4) is 0 Å². The second-order valence-corrected chi connectivity index (χ2v) is 5.52. The average molecular weight is 363 g/mol. The molecule has 0 bridgehead atoms. The van der Waals surface area contributed by atoms with Crippen LogP contribution in [0.4, 0.5) is 11.4 Å². The molecule has 0 aliphatic rings. The van der Waals surface area contributed by atoms with E-state index in [0.29, 0.717) is 18.8 Å². The zero-order valence-electron chi connectivity index (χ0n) is 14.6. The molecular weight excluding hydrogens is 342 g/mol. The first-order chi connectivity index (χ1) is 12.4. The number of amides is 2. The van der Waals surface area contributed by atoms with Gasteiger partial charge in [0.1, 0.15) is 12.4 Å². The Hall–Kier alpha value is -3.24. The van der Waals surface area contributed by atoms with Gasteiger partial charge in [-0.25, -0.2) is 0 Å². The molecule has 0 atom stereocenters. The van der Waals surface area contributed by atoms with Crippen LogP contribution in [0, 0.1) is 10.1 Å². The monoisotopic (exact) mass is 363 g/mol. The second-order valence-electron chi connectivity index (χ2n) is 5.52. The van der Waals surface area contributed by atoms with Crippen molar-refractivity contribution in [2.24, 2.45) is 0 Å². The summed E-state index contributed by atoms with van der Waals surface area (Å²) in [4.78, 5) is 34.4. The minimum Gasteiger partial charge on any atom is -0.351 e. The molecule has 0 radical (unpaired) electrons. The lowest BCUT2D eigenvalue weighted by atomic mass is 10.3. The number of carbonyl (C=O) groups is 2. The minimum atomic E-state index is -0.552. The Morgan fingerprint density at radius 1 is 1.27 bits per heavy atom. The number of rotatable bonds is 9. The lowest BCUT2D eigenvalue weighted by Gasteiger charge is -2.06. The van der Waals surface area contributed by atoms with Gasteiger partial charge in [-0.05, 0) is 13.3 Å². The summed E-state index contributed by atoms with van der Waals surface area (Å²) in [6, 6.07) is 0. The number of aromatic nitrogens is 4. The van der Waals surface area contributed by atoms with Crippen molar-refractivity contribution in [1.82, 2.24) is 24.9 Å². The molecule has 0 aliphatic heterocycles. The van der Waals surface area contributed by atoms with E-state index in [9.17, 15) is 19.7 Å². The van der Waals surface area contributed by atoms with Crippen molar-refractivity contribution >= 4 is 23.2 Å². The smallest absolute Gasteiger partial charge is 0.306 e. The van der Waals surface area contributed by atoms with E-state index >= 15 is 0 Å². The zero-order valence-corrected chi connectivity index (χ0v) is 14.6. The zero-order chi connectivity index (χ0) is 19.1. The van der Waals surface area contributed by atoms with Crippen molar-refractivity contribution < 1.29 is 14.5 Å². The van der Waals surface area contributed by atoms with Gasteiger partial charge < -0.3 is 10.6 Å². The summed E-state index contributed by atoms with van der Waals surface area (Å²) in [7, 11) is 0. The summed E-state index contributed by atoms with van der Waals surface area (Å²) in [5, 5.41) is 24.0. The quantitative estimate of drug-likeness (QED) is 0.507. The third-order valence-corrected chi connectivity index (χ3v) is 3.51. The Bertz CT molecular complexity index is 796. The minimum absolute atomic E-state index is 0.0478. The topological polar surface area (TPSA) is 137 Å². The van der Waals surface area contributed by atoms with E-state index in [1.165, 1.54) is 10.9 Å². The lowest BCUT2D eigenvalue weighted by Crippen LogP contribution is -2.26. The van der Waals surface area contributed by atoms with Gasteiger partial charge in [0, 0.05) is 32.3 Å². The number of nitro groups is 1. The number of hydrogen-bond acceptors (Lipinski definition) is 6. The molecule has 0 unspecified atom stereocenters. The predicted octanol–water partition coefficient (Wildman–Crippen LogP) is 1.18. The van der Waals surface area contributed by atoms with Crippen LogP contribution in [-0.4, -0.2) is 42.8 Å². The van der Waals surface area contributed by atoms with Crippen molar-refractivity contribution in [3.05, 3.63) is 34.4 Å². The fraction of sp³-hybridized carbons (Fsp3) is 0.467. The van der Waals surface area contributed by atoms with Gasteiger partial charge in [-0.15, -0.1) is 0 Å². The normalized spacial score (nSPS) is 10.5. The molecule has 0 aromatic carbocycles. The molecule has 11 heteroatoms. The number of anilines is 1. The van der Waals surface area contributed by atoms with E-state index in [1.54, 1.807) is 10.9 Å². The molecule has 0 fully saturated rings. The largest absolute Gasteiger partial charge is 0.351 e. The van der Waals surface area contributed by atoms with Gasteiger partial charge in [0.15, 0.2) is 5.69 Å². The molecule has 2 aromatic rings. The van der Waals surface area contributed by atoms with E-state index in [1.807, 2.05) is 13.8 Å². The van der Waals surface area contributed by atoms with Gasteiger partial charge in [-0.1, -0.05) is 6.92 Å². The molecule has 26 heavy (non-hydrogen) atoms. The van der Waals surface area contributed by atoms with Crippen molar-refractivity contribution in [2.45, 2.75) is 39.8 Å². The summed E-state index contributed by atoms with van der Waals surface area (Å²) in [5.41, 5.74) is 0.352. The predicted molar refractivity (Wildman–Crippen MR) is 92.7 cm³/mol. The second kappa shape index (κ2) is 8.74. The third kappa shape index (κ3) is 4.88. The van der Waals surface area contributed by atoms with Crippen LogP contribution in [0.2, 0.25) is 0 Å². The van der Waals surface area contributed by atoms with E-state index in [4.69, 9.17) is 0 Å². The molecule has 2 rings (SSSR count). The standard InChI is InChI=1S/C15H21N7O4/c1-3-6-16-15(24)14-12(10-20(4-2)19-14)18-13(23)5-7-21-9-11(8-17-21)22(25)26/h8-10H,3-7H2,1-2H3,(H,16,24)(H,18,23). The fourth-order valence-corrected chi connectivity index (χ4v) is 2.16. The van der Waals surface area contributed by atoms with Gasteiger partial charge in [0.2, 0.25) is 5.91 Å². The summed E-state index contributed by atoms with van der Waals surface area (Å²) < 4.78 is 2.88. The molecule has 2 amide bonds. The number of nitrogens with zero attached hydrogens (tertiary/aromatic N) is 5. The number of nitrogens with one attached hydrogen (secondary N) is 2. The van der Waals surface area contributed by atoms with Crippen LogP contribution < -0.4 is 10.6 Å². The SMILES string of the molecule is CCCNC(=O)c1nn(CC)cc1NC(=O)CCn1cc([N+](=O)[O-])cn1. The van der Waals surface area contributed by atoms with Gasteiger partial charge in [0.05, 0.1) is 10.6 Å². The van der Waals surface area contributed by atoms with Crippen LogP contribution >= 0.6 is 0 Å². The fourth-order valence-electron chi connectivity index (χ4n) is 2.16. The van der Waals surface area contributed by atoms with E-state index in [0.717, 1.165) is 12.6 Å². The van der Waals surface area contributed by atoms with E-state index in [-0.39, 0.29) is 36.2 Å². The maximum atomic E-state index is 12.2. The number of hydrogen-bond donors (Lipinski definition) is 2. The number of aryl methyl sites for hydroxylation is 2. The molecule has 2 aromatic heterocycles. The molecule has 0 spiro atoms. The van der Waals surface area contributed by atoms with Gasteiger partial charge in [0.25, 0.3) is 5.91 Å². The van der Waals surface area contributed by atoms with Gasteiger partial charge >= 0.3 is 5.69 Å². The van der Waals surface area contributed by atoms with Crippen LogP contribution in [-0.2, 0) is 17.9 Å². The average Bonchev–Trinajstić information content (AvgIpc) is 3.24. The highest BCUT2D eigenvalue weighted by molar-refractivity contribution is 6.02. The Morgan fingerprint density at radius 2 is 2.04 bits per heavy atom. The van der Waals surface area contributed by atoms with E-state index < -0.39 is 4.92 Å². The molecule has 0 saturated carbocycles. The van der Waals surface area contributed by atoms with Crippen LogP contribution in [0.25, 0.3) is 0 Å². The lowest BCUT2D eigenvalue weighted by molar-refractivity contribution is -0.385. The molecule has 2 heterocycles. The molecular formula is C15H21N7O4. The summed E-state index contributed by atoms with van der Waals surface area (Å²) in [5.74, 6) is -0.694. The Kier molecular flexibility index (Phi) is 6.42. The summed E-state index contributed by atoms with van der Waals surface area (Å²) in [6.07, 6.45) is 4.81. The van der Waals surface area contributed by atoms with Crippen molar-refractivity contribution in [2.75, 3.05) is 11.9 Å². The van der Waals surface area contributed by atoms with Crippen molar-refractivity contribution in [3.8, 4) is 0 Å². The third-order valence-electron chi connectivity index (χ3n) is 3.51. The van der Waals surface area contributed by atoms with Crippen molar-refractivity contribution in [3.63, 3.8) is 0 Å². The first-order valence-electron chi connectivity index (χ1n) is 8.27. The highest BCUT2D eigenvalue weighted by Crippen LogP contribution is 2.15. The highest BCUT2D eigenvalue weighted by atomic mass is 16.6. The first kappa shape index (κ1) is 19.1. The maximum absolute atomic E-state index is 12.2. The maximum Gasteiger partial charge on any atom is 0.306 e. The Morgan fingerprint density at radius 3 is 2.65 bits per heavy atom. The molecule has 140 valence electrons. The molecule has 0 saturated heterocycles. The first-order valence-corrected chi connectivity index (χ1v) is 8.27. The van der Waals surface area contributed by atoms with Gasteiger partial charge in [-0.3, -0.25) is 29.1 Å². The molecule has 2 N–H and O–H groups in total. The summed E-state index contributed by atoms with van der Waals surface area (Å²) in [6.45, 7) is 5.06. The Balaban J connectivity index is 1.99. The van der Waals surface area contributed by atoms with E-state index in [2.05, 4.69) is 20.8 Å². The Labute approximate surface area is 149 Å². The van der Waals surface area contributed by atoms with Crippen LogP contribution in [0.5, 0.6) is 0 Å².